The van der Waals surface area contributed by atoms with Crippen molar-refractivity contribution in [3.8, 4) is 0 Å². The molecule has 1 aliphatic heterocycles. The topological polar surface area (TPSA) is 49.6 Å². The van der Waals surface area contributed by atoms with Crippen molar-refractivity contribution in [2.24, 2.45) is 5.73 Å². The minimum Gasteiger partial charge on any atom is -0.328 e. The summed E-state index contributed by atoms with van der Waals surface area (Å²) in [5.74, 6) is 0.117. The molecule has 0 aliphatic carbocycles. The first-order valence-electron chi connectivity index (χ1n) is 6.75. The molecule has 1 saturated heterocycles. The minimum atomic E-state index is -0.200. The molecule has 1 aliphatic rings. The summed E-state index contributed by atoms with van der Waals surface area (Å²) in [6.07, 6.45) is 0. The molecule has 1 aromatic carbocycles. The maximum atomic E-state index is 12.6. The van der Waals surface area contributed by atoms with Crippen LogP contribution in [0.15, 0.2) is 12.1 Å². The maximum absolute atomic E-state index is 12.6. The van der Waals surface area contributed by atoms with Crippen LogP contribution < -0.4 is 10.6 Å². The van der Waals surface area contributed by atoms with Gasteiger partial charge in [0.15, 0.2) is 0 Å². The van der Waals surface area contributed by atoms with E-state index in [9.17, 15) is 4.79 Å². The predicted octanol–water partition coefficient (Wildman–Crippen LogP) is 1.22. The first-order valence-corrected chi connectivity index (χ1v) is 6.75. The van der Waals surface area contributed by atoms with E-state index in [-0.39, 0.29) is 11.9 Å². The molecular formula is C15H23N3O. The summed E-state index contributed by atoms with van der Waals surface area (Å²) in [6, 6.07) is 4.06. The van der Waals surface area contributed by atoms with E-state index in [1.54, 1.807) is 0 Å². The molecule has 4 heteroatoms. The largest absolute Gasteiger partial charge is 0.328 e. The second-order valence-electron chi connectivity index (χ2n) is 5.47. The van der Waals surface area contributed by atoms with Crippen LogP contribution in [0.2, 0.25) is 0 Å². The molecule has 19 heavy (non-hydrogen) atoms. The van der Waals surface area contributed by atoms with Crippen LogP contribution in [0, 0.1) is 20.8 Å². The highest BCUT2D eigenvalue weighted by Gasteiger charge is 2.33. The first kappa shape index (κ1) is 14.0. The third kappa shape index (κ3) is 2.51. The van der Waals surface area contributed by atoms with Gasteiger partial charge in [-0.3, -0.25) is 9.69 Å². The lowest BCUT2D eigenvalue weighted by Gasteiger charge is -2.39. The molecule has 1 aromatic rings. The number of piperazine rings is 1. The fourth-order valence-electron chi connectivity index (χ4n) is 2.99. The Bertz CT molecular complexity index is 475. The molecule has 2 N–H and O–H groups in total. The fourth-order valence-corrected chi connectivity index (χ4v) is 2.99. The van der Waals surface area contributed by atoms with Crippen LogP contribution in [0.5, 0.6) is 0 Å². The standard InChI is InChI=1S/C15H23N3O/c1-10-7-11(2)14(12(3)8-10)18-6-5-17(4)13(9-16)15(18)19/h7-8,13H,5-6,9,16H2,1-4H3. The molecule has 0 spiro atoms. The smallest absolute Gasteiger partial charge is 0.245 e. The molecule has 0 radical (unpaired) electrons. The Morgan fingerprint density at radius 2 is 1.79 bits per heavy atom. The van der Waals surface area contributed by atoms with Crippen LogP contribution in [0.4, 0.5) is 5.69 Å². The summed E-state index contributed by atoms with van der Waals surface area (Å²) in [5, 5.41) is 0. The number of benzene rings is 1. The van der Waals surface area contributed by atoms with Crippen molar-refractivity contribution in [3.05, 3.63) is 28.8 Å². The van der Waals surface area contributed by atoms with E-state index in [0.717, 1.165) is 29.9 Å². The molecule has 0 saturated carbocycles. The van der Waals surface area contributed by atoms with Gasteiger partial charge < -0.3 is 10.6 Å². The Labute approximate surface area is 115 Å². The average Bonchev–Trinajstić information content (AvgIpc) is 2.31. The molecule has 1 heterocycles. The number of hydrogen-bond acceptors (Lipinski definition) is 3. The minimum absolute atomic E-state index is 0.117. The molecule has 1 atom stereocenters. The van der Waals surface area contributed by atoms with Crippen LogP contribution in [-0.2, 0) is 4.79 Å². The van der Waals surface area contributed by atoms with E-state index >= 15 is 0 Å². The zero-order valence-corrected chi connectivity index (χ0v) is 12.2. The van der Waals surface area contributed by atoms with Crippen LogP contribution in [-0.4, -0.2) is 43.5 Å². The second kappa shape index (κ2) is 5.31. The van der Waals surface area contributed by atoms with Gasteiger partial charge in [-0.05, 0) is 38.9 Å². The van der Waals surface area contributed by atoms with Crippen molar-refractivity contribution in [1.82, 2.24) is 4.90 Å². The lowest BCUT2D eigenvalue weighted by Crippen LogP contribution is -2.58. The SMILES string of the molecule is Cc1cc(C)c(N2CCN(C)C(CN)C2=O)c(C)c1. The highest BCUT2D eigenvalue weighted by Crippen LogP contribution is 2.28. The number of hydrogen-bond donors (Lipinski definition) is 1. The number of aryl methyl sites for hydroxylation is 3. The van der Waals surface area contributed by atoms with Crippen molar-refractivity contribution in [1.29, 1.82) is 0 Å². The molecular weight excluding hydrogens is 238 g/mol. The fraction of sp³-hybridized carbons (Fsp3) is 0.533. The van der Waals surface area contributed by atoms with Crippen molar-refractivity contribution >= 4 is 11.6 Å². The average molecular weight is 261 g/mol. The maximum Gasteiger partial charge on any atom is 0.245 e. The van der Waals surface area contributed by atoms with Gasteiger partial charge in [0.05, 0.1) is 0 Å². The molecule has 2 rings (SSSR count). The molecule has 1 unspecified atom stereocenters. The van der Waals surface area contributed by atoms with Gasteiger partial charge in [-0.2, -0.15) is 0 Å². The van der Waals surface area contributed by atoms with Gasteiger partial charge in [0.1, 0.15) is 6.04 Å². The number of anilines is 1. The van der Waals surface area contributed by atoms with Gasteiger partial charge >= 0.3 is 0 Å². The molecule has 104 valence electrons. The van der Waals surface area contributed by atoms with E-state index in [2.05, 4.69) is 32.9 Å². The molecule has 1 amide bonds. The quantitative estimate of drug-likeness (QED) is 0.871. The van der Waals surface area contributed by atoms with E-state index < -0.39 is 0 Å². The summed E-state index contributed by atoms with van der Waals surface area (Å²) in [7, 11) is 1.96. The number of nitrogens with zero attached hydrogens (tertiary/aromatic N) is 2. The van der Waals surface area contributed by atoms with E-state index in [4.69, 9.17) is 5.73 Å². The Balaban J connectivity index is 2.40. The number of likely N-dealkylation sites (N-methyl/N-ethyl adjacent to an activating group) is 1. The van der Waals surface area contributed by atoms with Gasteiger partial charge in [0, 0.05) is 25.3 Å². The Morgan fingerprint density at radius 3 is 2.32 bits per heavy atom. The van der Waals surface area contributed by atoms with Crippen LogP contribution in [0.1, 0.15) is 16.7 Å². The normalized spacial score (nSPS) is 21.0. The van der Waals surface area contributed by atoms with E-state index in [1.165, 1.54) is 5.56 Å². The first-order chi connectivity index (χ1) is 8.95. The summed E-state index contributed by atoms with van der Waals surface area (Å²) in [6.45, 7) is 8.18. The zero-order chi connectivity index (χ0) is 14.2. The Kier molecular flexibility index (Phi) is 3.92. The van der Waals surface area contributed by atoms with Gasteiger partial charge in [-0.15, -0.1) is 0 Å². The highest BCUT2D eigenvalue weighted by atomic mass is 16.2. The van der Waals surface area contributed by atoms with Crippen LogP contribution in [0.3, 0.4) is 0 Å². The van der Waals surface area contributed by atoms with Crippen molar-refractivity contribution in [3.63, 3.8) is 0 Å². The summed E-state index contributed by atoms with van der Waals surface area (Å²) in [4.78, 5) is 16.5. The molecule has 0 bridgehead atoms. The van der Waals surface area contributed by atoms with Crippen molar-refractivity contribution in [2.45, 2.75) is 26.8 Å². The number of nitrogens with two attached hydrogens (primary N) is 1. The third-order valence-electron chi connectivity index (χ3n) is 3.89. The van der Waals surface area contributed by atoms with Crippen molar-refractivity contribution < 1.29 is 4.79 Å². The second-order valence-corrected chi connectivity index (χ2v) is 5.47. The summed E-state index contributed by atoms with van der Waals surface area (Å²) >= 11 is 0. The van der Waals surface area contributed by atoms with Crippen LogP contribution >= 0.6 is 0 Å². The van der Waals surface area contributed by atoms with Crippen molar-refractivity contribution in [2.75, 3.05) is 31.6 Å². The van der Waals surface area contributed by atoms with Gasteiger partial charge in [-0.1, -0.05) is 17.7 Å². The third-order valence-corrected chi connectivity index (χ3v) is 3.89. The van der Waals surface area contributed by atoms with Crippen LogP contribution in [0.25, 0.3) is 0 Å². The number of carbonyl (C=O) groups is 1. The Hall–Kier alpha value is -1.39. The lowest BCUT2D eigenvalue weighted by atomic mass is 10.0. The monoisotopic (exact) mass is 261 g/mol. The van der Waals surface area contributed by atoms with E-state index in [1.807, 2.05) is 16.8 Å². The number of amides is 1. The summed E-state index contributed by atoms with van der Waals surface area (Å²) in [5.41, 5.74) is 10.3. The molecule has 1 fully saturated rings. The van der Waals surface area contributed by atoms with Gasteiger partial charge in [0.2, 0.25) is 5.91 Å². The summed E-state index contributed by atoms with van der Waals surface area (Å²) < 4.78 is 0. The molecule has 4 nitrogen and oxygen atoms in total. The molecule has 0 aromatic heterocycles. The lowest BCUT2D eigenvalue weighted by molar-refractivity contribution is -0.124. The van der Waals surface area contributed by atoms with E-state index in [0.29, 0.717) is 6.54 Å². The number of carbonyl (C=O) groups excluding carboxylic acids is 1. The van der Waals surface area contributed by atoms with Gasteiger partial charge in [-0.25, -0.2) is 0 Å². The number of rotatable bonds is 2. The van der Waals surface area contributed by atoms with Gasteiger partial charge in [0.25, 0.3) is 0 Å². The Morgan fingerprint density at radius 1 is 1.21 bits per heavy atom. The zero-order valence-electron chi connectivity index (χ0n) is 12.2. The predicted molar refractivity (Wildman–Crippen MR) is 78.5 cm³/mol. The highest BCUT2D eigenvalue weighted by molar-refractivity contribution is 5.99.